The van der Waals surface area contributed by atoms with Crippen LogP contribution in [0.25, 0.3) is 0 Å². The van der Waals surface area contributed by atoms with Crippen LogP contribution in [-0.2, 0) is 9.53 Å². The molecule has 0 aromatic heterocycles. The summed E-state index contributed by atoms with van der Waals surface area (Å²) in [5, 5.41) is 75.3. The maximum Gasteiger partial charge on any atom is 0.338 e. The molecule has 260 valence electrons. The number of carbonyl (C=O) groups excluding carboxylic acids is 1. The molecule has 4 saturated carbocycles. The van der Waals surface area contributed by atoms with Gasteiger partial charge in [-0.05, 0) is 97.0 Å². The third-order valence-electron chi connectivity index (χ3n) is 14.5. The van der Waals surface area contributed by atoms with E-state index in [1.54, 1.807) is 6.92 Å². The zero-order valence-electron chi connectivity index (χ0n) is 28.4. The highest BCUT2D eigenvalue weighted by Gasteiger charge is 2.72. The number of hydrogen-bond donors (Lipinski definition) is 7. The van der Waals surface area contributed by atoms with Crippen LogP contribution in [0.1, 0.15) is 103 Å². The van der Waals surface area contributed by atoms with Crippen LogP contribution in [0, 0.1) is 50.2 Å². The number of carbonyl (C=O) groups is 2. The van der Waals surface area contributed by atoms with E-state index in [1.807, 2.05) is 0 Å². The Labute approximate surface area is 276 Å². The molecule has 0 spiro atoms. The summed E-state index contributed by atoms with van der Waals surface area (Å²) in [6, 6.07) is 1.94. The van der Waals surface area contributed by atoms with Crippen molar-refractivity contribution >= 4 is 11.9 Å². The molecular formula is C37H52O10. The molecule has 6 rings (SSSR count). The fraction of sp³-hybridized carbons (Fsp3) is 0.730. The second-order valence-electron chi connectivity index (χ2n) is 17.5. The molecule has 0 saturated heterocycles. The van der Waals surface area contributed by atoms with E-state index in [0.29, 0.717) is 32.1 Å². The summed E-state index contributed by atoms with van der Waals surface area (Å²) >= 11 is 0. The van der Waals surface area contributed by atoms with E-state index >= 15 is 0 Å². The number of aliphatic hydroxyl groups excluding tert-OH is 3. The third kappa shape index (κ3) is 4.60. The minimum absolute atomic E-state index is 0.0180. The standard InChI is InChI=1S/C37H52O10/c1-32(2)9-11-37(31(45)46)12-10-35(5)20(21(37)15-32)7-8-26-33(3)16-25(41)29(43)34(4,28(33)24(40)17-36(26,35)6)18-47-30(44)19-13-22(38)27(42)23(39)14-19/h7,13-14,21,24-26,28-29,38-43H,8-12,15-18H2,1-6H3,(H,45,46)/t21-,24+,25+,26+,28+,29-,33+,34-,35+,36+,37-/m0/s1. The van der Waals surface area contributed by atoms with Gasteiger partial charge in [0.05, 0.1) is 35.9 Å². The number of phenolic OH excluding ortho intramolecular Hbond substituents is 3. The fourth-order valence-corrected chi connectivity index (χ4v) is 12.0. The lowest BCUT2D eigenvalue weighted by molar-refractivity contribution is -0.273. The minimum Gasteiger partial charge on any atom is -0.504 e. The first-order valence-corrected chi connectivity index (χ1v) is 17.1. The summed E-state index contributed by atoms with van der Waals surface area (Å²) in [5.41, 5.74) is -2.52. The summed E-state index contributed by atoms with van der Waals surface area (Å²) in [6.45, 7) is 12.4. The van der Waals surface area contributed by atoms with Crippen molar-refractivity contribution in [1.82, 2.24) is 0 Å². The molecule has 0 heterocycles. The Hall–Kier alpha value is -2.82. The molecule has 1 aromatic rings. The van der Waals surface area contributed by atoms with Crippen molar-refractivity contribution in [2.45, 2.75) is 111 Å². The van der Waals surface area contributed by atoms with Gasteiger partial charge in [0.1, 0.15) is 0 Å². The lowest BCUT2D eigenvalue weighted by Gasteiger charge is -2.72. The molecule has 0 aliphatic heterocycles. The van der Waals surface area contributed by atoms with Gasteiger partial charge >= 0.3 is 11.9 Å². The summed E-state index contributed by atoms with van der Waals surface area (Å²) in [6.07, 6.45) is 3.80. The van der Waals surface area contributed by atoms with Crippen molar-refractivity contribution in [2.75, 3.05) is 6.61 Å². The summed E-state index contributed by atoms with van der Waals surface area (Å²) in [7, 11) is 0. The number of aliphatic hydroxyl groups is 3. The molecule has 1 aromatic carbocycles. The number of benzene rings is 1. The number of phenols is 3. The van der Waals surface area contributed by atoms with Crippen molar-refractivity contribution in [3.8, 4) is 17.2 Å². The molecule has 10 heteroatoms. The maximum absolute atomic E-state index is 13.1. The maximum atomic E-state index is 13.1. The Morgan fingerprint density at radius 2 is 1.47 bits per heavy atom. The van der Waals surface area contributed by atoms with Gasteiger partial charge in [-0.1, -0.05) is 53.2 Å². The van der Waals surface area contributed by atoms with Gasteiger partial charge in [0.25, 0.3) is 0 Å². The van der Waals surface area contributed by atoms with Crippen LogP contribution in [0.3, 0.4) is 0 Å². The van der Waals surface area contributed by atoms with Crippen LogP contribution >= 0.6 is 0 Å². The molecule has 0 radical (unpaired) electrons. The second kappa shape index (κ2) is 10.6. The molecule has 7 N–H and O–H groups in total. The van der Waals surface area contributed by atoms with Crippen LogP contribution in [0.5, 0.6) is 17.2 Å². The first-order valence-electron chi connectivity index (χ1n) is 17.1. The molecule has 11 atom stereocenters. The lowest BCUT2D eigenvalue weighted by atomic mass is 9.33. The minimum atomic E-state index is -1.31. The van der Waals surface area contributed by atoms with Gasteiger partial charge < -0.3 is 40.5 Å². The van der Waals surface area contributed by atoms with Crippen molar-refractivity contribution in [1.29, 1.82) is 0 Å². The Kier molecular flexibility index (Phi) is 7.67. The molecule has 0 unspecified atom stereocenters. The molecule has 0 bridgehead atoms. The molecule has 5 aliphatic carbocycles. The SMILES string of the molecule is CC1(C)CC[C@]2(C(=O)O)CC[C@]3(C)C(=CC[C@@H]4[C@@]5(C)C[C@@H](O)[C@H](O)[C@@](C)(COC(=O)c6cc(O)c(O)c(O)c6)[C@@H]5[C@H](O)C[C@]43C)[C@@H]2C1. The highest BCUT2D eigenvalue weighted by Crippen LogP contribution is 2.75. The van der Waals surface area contributed by atoms with Crippen LogP contribution in [0.2, 0.25) is 0 Å². The number of fused-ring (bicyclic) bond motifs is 7. The highest BCUT2D eigenvalue weighted by molar-refractivity contribution is 5.91. The van der Waals surface area contributed by atoms with Gasteiger partial charge in [0.2, 0.25) is 0 Å². The Balaban J connectivity index is 1.37. The topological polar surface area (TPSA) is 185 Å². The molecular weight excluding hydrogens is 604 g/mol. The van der Waals surface area contributed by atoms with E-state index in [1.165, 1.54) is 5.57 Å². The summed E-state index contributed by atoms with van der Waals surface area (Å²) < 4.78 is 5.67. The first-order chi connectivity index (χ1) is 21.7. The van der Waals surface area contributed by atoms with Crippen molar-refractivity contribution in [2.24, 2.45) is 50.2 Å². The zero-order valence-corrected chi connectivity index (χ0v) is 28.4. The van der Waals surface area contributed by atoms with Gasteiger partial charge in [0.15, 0.2) is 17.2 Å². The zero-order chi connectivity index (χ0) is 34.7. The van der Waals surface area contributed by atoms with Crippen LogP contribution in [0.4, 0.5) is 0 Å². The average molecular weight is 657 g/mol. The molecule has 47 heavy (non-hydrogen) atoms. The van der Waals surface area contributed by atoms with Gasteiger partial charge in [-0.25, -0.2) is 4.79 Å². The van der Waals surface area contributed by atoms with Gasteiger partial charge in [-0.3, -0.25) is 4.79 Å². The predicted octanol–water partition coefficient (Wildman–Crippen LogP) is 5.13. The number of esters is 1. The number of aromatic hydroxyl groups is 3. The van der Waals surface area contributed by atoms with Crippen molar-refractivity contribution < 1.29 is 50.1 Å². The van der Waals surface area contributed by atoms with Gasteiger partial charge in [-0.15, -0.1) is 0 Å². The number of carboxylic acids is 1. The highest BCUT2D eigenvalue weighted by atomic mass is 16.5. The van der Waals surface area contributed by atoms with Crippen molar-refractivity contribution in [3.63, 3.8) is 0 Å². The normalized spacial score (nSPS) is 45.3. The predicted molar refractivity (Wildman–Crippen MR) is 172 cm³/mol. The van der Waals surface area contributed by atoms with Crippen LogP contribution in [-0.4, -0.2) is 72.6 Å². The molecule has 4 fully saturated rings. The number of carboxylic acid groups (broad SMARTS) is 1. The Morgan fingerprint density at radius 3 is 2.09 bits per heavy atom. The summed E-state index contributed by atoms with van der Waals surface area (Å²) in [5.74, 6) is -4.43. The Morgan fingerprint density at radius 1 is 0.851 bits per heavy atom. The van der Waals surface area contributed by atoms with E-state index in [2.05, 4.69) is 40.7 Å². The number of hydrogen-bond acceptors (Lipinski definition) is 9. The number of rotatable bonds is 4. The van der Waals surface area contributed by atoms with E-state index in [0.717, 1.165) is 25.0 Å². The lowest BCUT2D eigenvalue weighted by Crippen LogP contribution is -2.71. The van der Waals surface area contributed by atoms with Crippen LogP contribution in [0.15, 0.2) is 23.8 Å². The number of aliphatic carboxylic acids is 1. The van der Waals surface area contributed by atoms with Crippen molar-refractivity contribution in [3.05, 3.63) is 29.3 Å². The first kappa shape index (κ1) is 34.1. The van der Waals surface area contributed by atoms with Crippen LogP contribution < -0.4 is 0 Å². The molecule has 0 amide bonds. The van der Waals surface area contributed by atoms with Gasteiger partial charge in [0, 0.05) is 11.3 Å². The Bertz CT molecular complexity index is 1490. The smallest absolute Gasteiger partial charge is 0.338 e. The monoisotopic (exact) mass is 656 g/mol. The largest absolute Gasteiger partial charge is 0.504 e. The fourth-order valence-electron chi connectivity index (χ4n) is 12.0. The molecule has 5 aliphatic rings. The van der Waals surface area contributed by atoms with E-state index in [-0.39, 0.29) is 41.3 Å². The van der Waals surface area contributed by atoms with E-state index in [4.69, 9.17) is 4.74 Å². The number of ether oxygens (including phenoxy) is 1. The van der Waals surface area contributed by atoms with E-state index < -0.39 is 75.1 Å². The molecule has 10 nitrogen and oxygen atoms in total. The van der Waals surface area contributed by atoms with E-state index in [9.17, 15) is 45.3 Å². The second-order valence-corrected chi connectivity index (χ2v) is 17.5. The summed E-state index contributed by atoms with van der Waals surface area (Å²) in [4.78, 5) is 26.0. The third-order valence-corrected chi connectivity index (χ3v) is 14.5. The average Bonchev–Trinajstić information content (AvgIpc) is 2.97. The number of allylic oxidation sites excluding steroid dienone is 2. The quantitative estimate of drug-likeness (QED) is 0.130. The van der Waals surface area contributed by atoms with Gasteiger partial charge in [-0.2, -0.15) is 0 Å².